The zero-order valence-corrected chi connectivity index (χ0v) is 17.6. The summed E-state index contributed by atoms with van der Waals surface area (Å²) in [7, 11) is 3.48. The number of hydrogen-bond donors (Lipinski definition) is 2. The molecule has 1 aromatic heterocycles. The van der Waals surface area contributed by atoms with Gasteiger partial charge in [0.25, 0.3) is 0 Å². The monoisotopic (exact) mass is 408 g/mol. The maximum absolute atomic E-state index is 12.4. The number of benzene rings is 2. The van der Waals surface area contributed by atoms with Gasteiger partial charge in [-0.2, -0.15) is 0 Å². The van der Waals surface area contributed by atoms with Crippen molar-refractivity contribution in [1.82, 2.24) is 14.8 Å². The van der Waals surface area contributed by atoms with E-state index in [4.69, 9.17) is 4.74 Å². The molecule has 0 aliphatic carbocycles. The predicted molar refractivity (Wildman–Crippen MR) is 118 cm³/mol. The smallest absolute Gasteiger partial charge is 0.319 e. The highest BCUT2D eigenvalue weighted by molar-refractivity contribution is 5.93. The molecule has 158 valence electrons. The number of amides is 3. The zero-order valence-electron chi connectivity index (χ0n) is 17.6. The van der Waals surface area contributed by atoms with Crippen molar-refractivity contribution in [1.29, 1.82) is 0 Å². The molecule has 7 heteroatoms. The Labute approximate surface area is 176 Å². The number of carbonyl (C=O) groups is 2. The van der Waals surface area contributed by atoms with E-state index < -0.39 is 0 Å². The Morgan fingerprint density at radius 3 is 2.57 bits per heavy atom. The summed E-state index contributed by atoms with van der Waals surface area (Å²) >= 11 is 0. The van der Waals surface area contributed by atoms with Crippen LogP contribution in [-0.2, 0) is 29.2 Å². The summed E-state index contributed by atoms with van der Waals surface area (Å²) in [6.07, 6.45) is 1.88. The number of nitrogens with zero attached hydrogens (tertiary/aromatic N) is 2. The number of aromatic nitrogens is 1. The van der Waals surface area contributed by atoms with Crippen molar-refractivity contribution < 1.29 is 14.3 Å². The van der Waals surface area contributed by atoms with Crippen LogP contribution in [0.5, 0.6) is 0 Å². The highest BCUT2D eigenvalue weighted by Crippen LogP contribution is 2.21. The van der Waals surface area contributed by atoms with Crippen LogP contribution in [0.3, 0.4) is 0 Å². The lowest BCUT2D eigenvalue weighted by molar-refractivity contribution is -0.129. The third-order valence-corrected chi connectivity index (χ3v) is 4.85. The standard InChI is InChI=1S/C23H28N4O3/c1-4-30-16-19-8-6-5-7-18(19)14-24-23(29)25-20-9-10-21-17(13-20)11-12-27(21)15-22(28)26(2)3/h5-13H,4,14-16H2,1-3H3,(H2,24,25,29). The topological polar surface area (TPSA) is 75.6 Å². The second-order valence-electron chi connectivity index (χ2n) is 7.22. The van der Waals surface area contributed by atoms with Gasteiger partial charge in [0, 0.05) is 50.0 Å². The van der Waals surface area contributed by atoms with Gasteiger partial charge in [0.05, 0.1) is 6.61 Å². The molecule has 3 aromatic rings. The van der Waals surface area contributed by atoms with Gasteiger partial charge in [0.15, 0.2) is 0 Å². The molecule has 0 radical (unpaired) electrons. The zero-order chi connectivity index (χ0) is 21.5. The fraction of sp³-hybridized carbons (Fsp3) is 0.304. The summed E-state index contributed by atoms with van der Waals surface area (Å²) in [5, 5.41) is 6.72. The van der Waals surface area contributed by atoms with E-state index in [-0.39, 0.29) is 18.5 Å². The van der Waals surface area contributed by atoms with E-state index in [2.05, 4.69) is 10.6 Å². The molecule has 0 aliphatic heterocycles. The average molecular weight is 409 g/mol. The van der Waals surface area contributed by atoms with Gasteiger partial charge in [-0.3, -0.25) is 4.79 Å². The molecule has 7 nitrogen and oxygen atoms in total. The number of urea groups is 1. The molecule has 0 atom stereocenters. The molecule has 0 saturated carbocycles. The highest BCUT2D eigenvalue weighted by Gasteiger charge is 2.10. The molecule has 30 heavy (non-hydrogen) atoms. The van der Waals surface area contributed by atoms with Crippen LogP contribution in [0, 0.1) is 0 Å². The van der Waals surface area contributed by atoms with E-state index >= 15 is 0 Å². The van der Waals surface area contributed by atoms with E-state index in [1.807, 2.05) is 66.2 Å². The van der Waals surface area contributed by atoms with Gasteiger partial charge in [-0.25, -0.2) is 4.79 Å². The van der Waals surface area contributed by atoms with E-state index in [1.54, 1.807) is 19.0 Å². The molecule has 0 bridgehead atoms. The molecular formula is C23H28N4O3. The second kappa shape index (κ2) is 9.93. The summed E-state index contributed by atoms with van der Waals surface area (Å²) in [5.74, 6) is 0.0266. The first-order valence-corrected chi connectivity index (χ1v) is 9.96. The van der Waals surface area contributed by atoms with Crippen LogP contribution >= 0.6 is 0 Å². The van der Waals surface area contributed by atoms with Crippen molar-refractivity contribution in [2.24, 2.45) is 0 Å². The van der Waals surface area contributed by atoms with Gasteiger partial charge >= 0.3 is 6.03 Å². The Morgan fingerprint density at radius 2 is 1.83 bits per heavy atom. The molecule has 3 amide bonds. The predicted octanol–water partition coefficient (Wildman–Crippen LogP) is 3.59. The summed E-state index contributed by atoms with van der Waals surface area (Å²) in [6.45, 7) is 3.83. The normalized spacial score (nSPS) is 10.8. The first-order valence-electron chi connectivity index (χ1n) is 9.96. The highest BCUT2D eigenvalue weighted by atomic mass is 16.5. The van der Waals surface area contributed by atoms with E-state index in [1.165, 1.54) is 0 Å². The Hall–Kier alpha value is -3.32. The lowest BCUT2D eigenvalue weighted by atomic mass is 10.1. The van der Waals surface area contributed by atoms with Gasteiger partial charge in [-0.05, 0) is 42.3 Å². The quantitative estimate of drug-likeness (QED) is 0.598. The maximum atomic E-state index is 12.4. The molecule has 0 spiro atoms. The Balaban J connectivity index is 1.61. The third-order valence-electron chi connectivity index (χ3n) is 4.85. The molecule has 3 rings (SSSR count). The molecule has 0 saturated heterocycles. The van der Waals surface area contributed by atoms with Gasteiger partial charge in [-0.1, -0.05) is 24.3 Å². The number of anilines is 1. The molecule has 0 fully saturated rings. The van der Waals surface area contributed by atoms with Crippen LogP contribution in [-0.4, -0.2) is 42.1 Å². The van der Waals surface area contributed by atoms with Crippen LogP contribution < -0.4 is 10.6 Å². The van der Waals surface area contributed by atoms with E-state index in [9.17, 15) is 9.59 Å². The number of likely N-dealkylation sites (N-methyl/N-ethyl adjacent to an activating group) is 1. The number of rotatable bonds is 8. The number of nitrogens with one attached hydrogen (secondary N) is 2. The second-order valence-corrected chi connectivity index (χ2v) is 7.22. The fourth-order valence-corrected chi connectivity index (χ4v) is 3.14. The first kappa shape index (κ1) is 21.4. The minimum Gasteiger partial charge on any atom is -0.377 e. The molecule has 1 heterocycles. The van der Waals surface area contributed by atoms with Crippen molar-refractivity contribution in [2.45, 2.75) is 26.6 Å². The maximum Gasteiger partial charge on any atom is 0.319 e. The van der Waals surface area contributed by atoms with Crippen molar-refractivity contribution in [3.8, 4) is 0 Å². The van der Waals surface area contributed by atoms with Gasteiger partial charge in [-0.15, -0.1) is 0 Å². The Bertz CT molecular complexity index is 1030. The number of hydrogen-bond acceptors (Lipinski definition) is 3. The number of carbonyl (C=O) groups excluding carboxylic acids is 2. The third kappa shape index (κ3) is 5.39. The lowest BCUT2D eigenvalue weighted by Crippen LogP contribution is -2.28. The summed E-state index contributed by atoms with van der Waals surface area (Å²) in [4.78, 5) is 25.9. The van der Waals surface area contributed by atoms with Gasteiger partial charge < -0.3 is 24.8 Å². The van der Waals surface area contributed by atoms with Gasteiger partial charge in [0.2, 0.25) is 5.91 Å². The lowest BCUT2D eigenvalue weighted by Gasteiger charge is -2.13. The molecule has 0 unspecified atom stereocenters. The Kier molecular flexibility index (Phi) is 7.08. The largest absolute Gasteiger partial charge is 0.377 e. The molecular weight excluding hydrogens is 380 g/mol. The fourth-order valence-electron chi connectivity index (χ4n) is 3.14. The molecule has 2 aromatic carbocycles. The van der Waals surface area contributed by atoms with Crippen molar-refractivity contribution in [2.75, 3.05) is 26.0 Å². The number of ether oxygens (including phenoxy) is 1. The van der Waals surface area contributed by atoms with Crippen LogP contribution in [0.15, 0.2) is 54.7 Å². The van der Waals surface area contributed by atoms with Crippen LogP contribution in [0.1, 0.15) is 18.1 Å². The van der Waals surface area contributed by atoms with Crippen LogP contribution in [0.4, 0.5) is 10.5 Å². The van der Waals surface area contributed by atoms with E-state index in [0.717, 1.165) is 22.0 Å². The van der Waals surface area contributed by atoms with Crippen molar-refractivity contribution in [3.05, 3.63) is 65.9 Å². The molecule has 2 N–H and O–H groups in total. The van der Waals surface area contributed by atoms with Crippen molar-refractivity contribution in [3.63, 3.8) is 0 Å². The van der Waals surface area contributed by atoms with Crippen molar-refractivity contribution >= 4 is 28.5 Å². The minimum atomic E-state index is -0.275. The average Bonchev–Trinajstić information content (AvgIpc) is 3.13. The molecule has 0 aliphatic rings. The minimum absolute atomic E-state index is 0.0266. The van der Waals surface area contributed by atoms with Crippen LogP contribution in [0.2, 0.25) is 0 Å². The summed E-state index contributed by atoms with van der Waals surface area (Å²) in [5.41, 5.74) is 3.73. The SMILES string of the molecule is CCOCc1ccccc1CNC(=O)Nc1ccc2c(ccn2CC(=O)N(C)C)c1. The van der Waals surface area contributed by atoms with Gasteiger partial charge in [0.1, 0.15) is 6.54 Å². The summed E-state index contributed by atoms with van der Waals surface area (Å²) < 4.78 is 7.39. The summed E-state index contributed by atoms with van der Waals surface area (Å²) in [6, 6.07) is 15.2. The van der Waals surface area contributed by atoms with Crippen LogP contribution in [0.25, 0.3) is 10.9 Å². The van der Waals surface area contributed by atoms with E-state index in [0.29, 0.717) is 25.4 Å². The number of fused-ring (bicyclic) bond motifs is 1. The Morgan fingerprint density at radius 1 is 1.07 bits per heavy atom. The first-order chi connectivity index (χ1) is 14.5.